The van der Waals surface area contributed by atoms with E-state index in [1.165, 1.54) is 48.5 Å². The molecule has 0 aromatic heterocycles. The molecule has 0 aliphatic carbocycles. The largest absolute Gasteiger partial charge is 0.478 e. The van der Waals surface area contributed by atoms with Gasteiger partial charge in [-0.3, -0.25) is 0 Å². The number of hydrogen-bond acceptors (Lipinski definition) is 4. The first-order chi connectivity index (χ1) is 10.5. The van der Waals surface area contributed by atoms with Gasteiger partial charge in [-0.05, 0) is 24.3 Å². The lowest BCUT2D eigenvalue weighted by Crippen LogP contribution is -2.19. The number of benzene rings is 2. The molecule has 0 heterocycles. The second kappa shape index (κ2) is 6.35. The Labute approximate surface area is 124 Å². The highest BCUT2D eigenvalue weighted by Gasteiger charge is 2.18. The van der Waals surface area contributed by atoms with Crippen molar-refractivity contribution in [2.75, 3.05) is 0 Å². The maximum atomic E-state index is 11.0. The van der Waals surface area contributed by atoms with E-state index in [1.54, 1.807) is 0 Å². The van der Waals surface area contributed by atoms with Crippen LogP contribution in [0.4, 0.5) is 0 Å². The van der Waals surface area contributed by atoms with Crippen LogP contribution in [-0.2, 0) is 0 Å². The van der Waals surface area contributed by atoms with E-state index >= 15 is 0 Å². The molecule has 0 unspecified atom stereocenters. The molecule has 0 saturated carbocycles. The van der Waals surface area contributed by atoms with Gasteiger partial charge in [0.05, 0.1) is 0 Å². The highest BCUT2D eigenvalue weighted by Crippen LogP contribution is 2.21. The number of carboxylic acids is 2. The van der Waals surface area contributed by atoms with Crippen LogP contribution >= 0.6 is 0 Å². The van der Waals surface area contributed by atoms with E-state index in [9.17, 15) is 15.1 Å². The number of aromatic carboxylic acids is 2. The van der Waals surface area contributed by atoms with Gasteiger partial charge in [0, 0.05) is 0 Å². The molecular formula is C14H10N2O6. The number of hydrogen-bond donors (Lipinski definition) is 2. The van der Waals surface area contributed by atoms with Crippen LogP contribution in [0.15, 0.2) is 48.5 Å². The molecule has 0 radical (unpaired) electrons. The lowest BCUT2D eigenvalue weighted by Gasteiger charge is -2.07. The maximum Gasteiger partial charge on any atom is 0.339 e. The Balaban J connectivity index is 2.18. The van der Waals surface area contributed by atoms with Gasteiger partial charge < -0.3 is 15.7 Å². The summed E-state index contributed by atoms with van der Waals surface area (Å²) < 4.78 is 0. The summed E-state index contributed by atoms with van der Waals surface area (Å²) in [5.74, 6) is -2.86. The average Bonchev–Trinajstić information content (AvgIpc) is 2.47. The van der Waals surface area contributed by atoms with Gasteiger partial charge in [-0.25, -0.2) is 9.59 Å². The van der Waals surface area contributed by atoms with Crippen LogP contribution in [0, 0.1) is 0 Å². The van der Waals surface area contributed by atoms with Crippen molar-refractivity contribution in [3.63, 3.8) is 0 Å². The van der Waals surface area contributed by atoms with Gasteiger partial charge in [0.15, 0.2) is 0 Å². The SMILES string of the molecule is [N-]=[N+](Oc1ccccc1C(=O)O)Oc1ccccc1C(=O)O. The molecule has 0 bridgehead atoms. The van der Waals surface area contributed by atoms with Gasteiger partial charge in [-0.1, -0.05) is 24.3 Å². The lowest BCUT2D eigenvalue weighted by molar-refractivity contribution is -0.920. The van der Waals surface area contributed by atoms with Gasteiger partial charge in [-0.15, -0.1) is 0 Å². The fraction of sp³-hybridized carbons (Fsp3) is 0. The monoisotopic (exact) mass is 302 g/mol. The summed E-state index contributed by atoms with van der Waals surface area (Å²) >= 11 is 0. The molecule has 0 atom stereocenters. The van der Waals surface area contributed by atoms with Crippen LogP contribution in [0.3, 0.4) is 0 Å². The predicted molar refractivity (Wildman–Crippen MR) is 71.7 cm³/mol. The van der Waals surface area contributed by atoms with Crippen LogP contribution in [0.1, 0.15) is 20.7 Å². The fourth-order valence-electron chi connectivity index (χ4n) is 1.63. The number of nitrogens with zero attached hydrogens (tertiary/aromatic N) is 2. The second-order valence-corrected chi connectivity index (χ2v) is 4.02. The molecule has 22 heavy (non-hydrogen) atoms. The highest BCUT2D eigenvalue weighted by molar-refractivity contribution is 5.91. The van der Waals surface area contributed by atoms with Crippen molar-refractivity contribution in [2.24, 2.45) is 0 Å². The van der Waals surface area contributed by atoms with Crippen molar-refractivity contribution in [1.82, 2.24) is 0 Å². The van der Waals surface area contributed by atoms with Crippen molar-refractivity contribution in [2.45, 2.75) is 0 Å². The number of rotatable bonds is 6. The molecular weight excluding hydrogens is 292 g/mol. The number of carbonyl (C=O) groups is 2. The van der Waals surface area contributed by atoms with Crippen LogP contribution in [0.5, 0.6) is 11.5 Å². The molecule has 0 spiro atoms. The standard InChI is InChI=1S/C14H10N2O6/c15-16(21-11-7-3-1-5-9(11)13(17)18)22-12-8-4-2-6-10(12)14(19)20/h1-8H,(H,17,18)(H,19,20). The first-order valence-corrected chi connectivity index (χ1v) is 5.98. The number of carboxylic acid groups (broad SMARTS) is 2. The molecule has 8 heteroatoms. The molecule has 2 N–H and O–H groups in total. The quantitative estimate of drug-likeness (QED) is 0.624. The average molecular weight is 302 g/mol. The topological polar surface area (TPSA) is 118 Å². The zero-order chi connectivity index (χ0) is 16.1. The van der Waals surface area contributed by atoms with Crippen molar-refractivity contribution in [3.05, 3.63) is 65.2 Å². The molecule has 2 rings (SSSR count). The minimum atomic E-state index is -1.25. The summed E-state index contributed by atoms with van der Waals surface area (Å²) in [4.78, 5) is 31.7. The normalized spacial score (nSPS) is 9.82. The summed E-state index contributed by atoms with van der Waals surface area (Å²) in [5.41, 5.74) is 9.18. The Hall–Kier alpha value is -3.42. The van der Waals surface area contributed by atoms with Crippen LogP contribution in [0.2, 0.25) is 0 Å². The Morgan fingerprint density at radius 3 is 1.55 bits per heavy atom. The number of para-hydroxylation sites is 2. The first-order valence-electron chi connectivity index (χ1n) is 5.98. The first kappa shape index (κ1) is 15.0. The molecule has 0 aliphatic rings. The zero-order valence-electron chi connectivity index (χ0n) is 11.0. The third kappa shape index (κ3) is 3.37. The van der Waals surface area contributed by atoms with E-state index in [1.807, 2.05) is 0 Å². The minimum Gasteiger partial charge on any atom is -0.478 e. The molecule has 112 valence electrons. The minimum absolute atomic E-state index is 0.108. The van der Waals surface area contributed by atoms with E-state index in [2.05, 4.69) is 0 Å². The fourth-order valence-corrected chi connectivity index (χ4v) is 1.63. The van der Waals surface area contributed by atoms with E-state index in [0.717, 1.165) is 0 Å². The van der Waals surface area contributed by atoms with E-state index in [4.69, 9.17) is 19.9 Å². The van der Waals surface area contributed by atoms with Gasteiger partial charge in [0.25, 0.3) is 0 Å². The summed E-state index contributed by atoms with van der Waals surface area (Å²) in [6, 6.07) is 11.1. The third-order valence-corrected chi connectivity index (χ3v) is 2.59. The van der Waals surface area contributed by atoms with Crippen molar-refractivity contribution in [1.29, 1.82) is 0 Å². The molecule has 2 aromatic carbocycles. The molecule has 0 amide bonds. The molecule has 0 aliphatic heterocycles. The summed E-state index contributed by atoms with van der Waals surface area (Å²) in [7, 11) is 0. The molecule has 8 nitrogen and oxygen atoms in total. The van der Waals surface area contributed by atoms with Crippen molar-refractivity contribution < 1.29 is 34.5 Å². The van der Waals surface area contributed by atoms with Crippen molar-refractivity contribution >= 4 is 11.9 Å². The Morgan fingerprint density at radius 2 is 1.18 bits per heavy atom. The molecule has 2 aromatic rings. The molecule has 0 fully saturated rings. The van der Waals surface area contributed by atoms with Crippen LogP contribution in [-0.4, -0.2) is 27.2 Å². The van der Waals surface area contributed by atoms with Crippen LogP contribution in [0.25, 0.3) is 5.53 Å². The van der Waals surface area contributed by atoms with Crippen molar-refractivity contribution in [3.8, 4) is 11.5 Å². The van der Waals surface area contributed by atoms with Gasteiger partial charge in [0.2, 0.25) is 11.5 Å². The van der Waals surface area contributed by atoms with Gasteiger partial charge >= 0.3 is 11.9 Å². The van der Waals surface area contributed by atoms with Crippen LogP contribution < -0.4 is 9.68 Å². The third-order valence-electron chi connectivity index (χ3n) is 2.59. The smallest absolute Gasteiger partial charge is 0.339 e. The van der Waals surface area contributed by atoms with Gasteiger partial charge in [-0.2, -0.15) is 9.68 Å². The second-order valence-electron chi connectivity index (χ2n) is 4.02. The Bertz CT molecular complexity index is 682. The Morgan fingerprint density at radius 1 is 0.818 bits per heavy atom. The summed E-state index contributed by atoms with van der Waals surface area (Å²) in [6.45, 7) is 0. The van der Waals surface area contributed by atoms with E-state index in [-0.39, 0.29) is 27.6 Å². The molecule has 0 saturated heterocycles. The lowest BCUT2D eigenvalue weighted by atomic mass is 10.2. The van der Waals surface area contributed by atoms with Gasteiger partial charge in [0.1, 0.15) is 16.2 Å². The Kier molecular flexibility index (Phi) is 4.33. The van der Waals surface area contributed by atoms with E-state index < -0.39 is 11.9 Å². The predicted octanol–water partition coefficient (Wildman–Crippen LogP) is 2.40. The summed E-state index contributed by atoms with van der Waals surface area (Å²) in [5, 5.41) is 17.9. The highest BCUT2D eigenvalue weighted by atomic mass is 16.9. The maximum absolute atomic E-state index is 11.0. The van der Waals surface area contributed by atoms with E-state index in [0.29, 0.717) is 0 Å². The summed E-state index contributed by atoms with van der Waals surface area (Å²) in [6.07, 6.45) is 0. The zero-order valence-corrected chi connectivity index (χ0v) is 11.0.